The van der Waals surface area contributed by atoms with Crippen LogP contribution >= 0.6 is 23.2 Å². The van der Waals surface area contributed by atoms with Crippen molar-refractivity contribution in [1.29, 1.82) is 0 Å². The van der Waals surface area contributed by atoms with Crippen LogP contribution in [0, 0.1) is 5.82 Å². The van der Waals surface area contributed by atoms with Crippen molar-refractivity contribution < 1.29 is 14.0 Å². The van der Waals surface area contributed by atoms with Crippen LogP contribution in [0.4, 0.5) is 4.39 Å². The summed E-state index contributed by atoms with van der Waals surface area (Å²) < 4.78 is 13.2. The topological polar surface area (TPSA) is 49.9 Å². The normalized spacial score (nSPS) is 10.9. The number of halogens is 3. The Bertz CT molecular complexity index is 918. The molecule has 3 aromatic rings. The number of ketones is 1. The van der Waals surface area contributed by atoms with E-state index in [-0.39, 0.29) is 10.6 Å². The van der Waals surface area contributed by atoms with E-state index in [1.54, 1.807) is 24.3 Å². The second-order valence-corrected chi connectivity index (χ2v) is 5.40. The van der Waals surface area contributed by atoms with Crippen molar-refractivity contribution >= 4 is 45.1 Å². The number of aromatic amines is 1. The first-order valence-corrected chi connectivity index (χ1v) is 7.05. The molecule has 1 heterocycles. The summed E-state index contributed by atoms with van der Waals surface area (Å²) in [7, 11) is 0. The maximum absolute atomic E-state index is 13.2. The van der Waals surface area contributed by atoms with Crippen LogP contribution in [0.2, 0.25) is 5.02 Å². The van der Waals surface area contributed by atoms with E-state index in [0.717, 1.165) is 6.07 Å². The van der Waals surface area contributed by atoms with Crippen molar-refractivity contribution in [1.82, 2.24) is 4.98 Å². The number of carbonyl (C=O) groups is 2. The van der Waals surface area contributed by atoms with E-state index in [9.17, 15) is 14.0 Å². The Hall–Kier alpha value is -2.17. The summed E-state index contributed by atoms with van der Waals surface area (Å²) in [5, 5.41) is -0.413. The van der Waals surface area contributed by atoms with E-state index >= 15 is 0 Å². The van der Waals surface area contributed by atoms with Crippen LogP contribution in [0.1, 0.15) is 10.4 Å². The highest BCUT2D eigenvalue weighted by molar-refractivity contribution is 6.83. The Morgan fingerprint density at radius 3 is 2.50 bits per heavy atom. The summed E-state index contributed by atoms with van der Waals surface area (Å²) in [6.45, 7) is 0. The highest BCUT2D eigenvalue weighted by atomic mass is 35.5. The standard InChI is InChI=1S/C16H8Cl2FNO2/c17-11-7-8(19)5-6-9(11)14-13(15(21)16(18)22)10-3-1-2-4-12(10)20-14/h1-7,20H. The molecule has 0 saturated heterocycles. The molecular weight excluding hydrogens is 328 g/mol. The Morgan fingerprint density at radius 1 is 1.09 bits per heavy atom. The van der Waals surface area contributed by atoms with Crippen LogP contribution in [-0.2, 0) is 4.79 Å². The molecule has 0 atom stereocenters. The predicted molar refractivity (Wildman–Crippen MR) is 83.9 cm³/mol. The minimum absolute atomic E-state index is 0.127. The largest absolute Gasteiger partial charge is 0.354 e. The fraction of sp³-hybridized carbons (Fsp3) is 0. The molecule has 0 bridgehead atoms. The van der Waals surface area contributed by atoms with Crippen LogP contribution in [0.5, 0.6) is 0 Å². The Labute approximate surface area is 134 Å². The molecule has 0 saturated carbocycles. The number of aromatic nitrogens is 1. The number of hydrogen-bond acceptors (Lipinski definition) is 2. The molecule has 3 rings (SSSR count). The number of Topliss-reactive ketones (excluding diaryl/α,β-unsaturated/α-hetero) is 1. The fourth-order valence-electron chi connectivity index (χ4n) is 2.37. The molecule has 0 aliphatic heterocycles. The summed E-state index contributed by atoms with van der Waals surface area (Å²) >= 11 is 11.4. The molecule has 1 N–H and O–H groups in total. The molecule has 0 radical (unpaired) electrons. The van der Waals surface area contributed by atoms with Gasteiger partial charge < -0.3 is 4.98 Å². The van der Waals surface area contributed by atoms with E-state index in [2.05, 4.69) is 4.98 Å². The number of benzene rings is 2. The lowest BCUT2D eigenvalue weighted by Crippen LogP contribution is -2.08. The molecule has 2 aromatic carbocycles. The van der Waals surface area contributed by atoms with Gasteiger partial charge in [0.2, 0.25) is 5.78 Å². The summed E-state index contributed by atoms with van der Waals surface area (Å²) in [4.78, 5) is 26.5. The van der Waals surface area contributed by atoms with Gasteiger partial charge in [-0.3, -0.25) is 9.59 Å². The van der Waals surface area contributed by atoms with Crippen molar-refractivity contribution in [2.45, 2.75) is 0 Å². The first-order chi connectivity index (χ1) is 10.5. The summed E-state index contributed by atoms with van der Waals surface area (Å²) in [5.41, 5.74) is 1.54. The molecule has 110 valence electrons. The van der Waals surface area contributed by atoms with Gasteiger partial charge in [-0.1, -0.05) is 29.8 Å². The number of rotatable bonds is 3. The molecule has 0 unspecified atom stereocenters. The van der Waals surface area contributed by atoms with Crippen LogP contribution in [-0.4, -0.2) is 16.0 Å². The van der Waals surface area contributed by atoms with Gasteiger partial charge in [-0.2, -0.15) is 0 Å². The lowest BCUT2D eigenvalue weighted by molar-refractivity contribution is -0.108. The quantitative estimate of drug-likeness (QED) is 0.432. The van der Waals surface area contributed by atoms with Crippen LogP contribution in [0.15, 0.2) is 42.5 Å². The minimum Gasteiger partial charge on any atom is -0.354 e. The molecular formula is C16H8Cl2FNO2. The van der Waals surface area contributed by atoms with Crippen LogP contribution in [0.3, 0.4) is 0 Å². The molecule has 22 heavy (non-hydrogen) atoms. The SMILES string of the molecule is O=C(Cl)C(=O)c1c(-c2ccc(F)cc2Cl)[nH]c2ccccc12. The Kier molecular flexibility index (Phi) is 3.72. The van der Waals surface area contributed by atoms with Gasteiger partial charge in [0.25, 0.3) is 5.24 Å². The Morgan fingerprint density at radius 2 is 1.82 bits per heavy atom. The zero-order chi connectivity index (χ0) is 15.9. The number of nitrogens with one attached hydrogen (secondary N) is 1. The first-order valence-electron chi connectivity index (χ1n) is 6.29. The van der Waals surface area contributed by atoms with E-state index in [1.165, 1.54) is 12.1 Å². The lowest BCUT2D eigenvalue weighted by Gasteiger charge is -2.05. The molecule has 1 aromatic heterocycles. The van der Waals surface area contributed by atoms with E-state index in [1.807, 2.05) is 0 Å². The summed E-state index contributed by atoms with van der Waals surface area (Å²) in [6, 6.07) is 10.8. The maximum Gasteiger partial charge on any atom is 0.293 e. The van der Waals surface area contributed by atoms with Gasteiger partial charge in [-0.05, 0) is 35.9 Å². The van der Waals surface area contributed by atoms with Gasteiger partial charge in [0.05, 0.1) is 16.3 Å². The molecule has 6 heteroatoms. The average Bonchev–Trinajstić information content (AvgIpc) is 2.85. The first kappa shape index (κ1) is 14.8. The smallest absolute Gasteiger partial charge is 0.293 e. The van der Waals surface area contributed by atoms with Gasteiger partial charge >= 0.3 is 0 Å². The second kappa shape index (κ2) is 5.55. The summed E-state index contributed by atoms with van der Waals surface area (Å²) in [6.07, 6.45) is 0. The number of H-pyrrole nitrogens is 1. The van der Waals surface area contributed by atoms with Gasteiger partial charge in [-0.15, -0.1) is 0 Å². The number of hydrogen-bond donors (Lipinski definition) is 1. The third kappa shape index (κ3) is 2.40. The van der Waals surface area contributed by atoms with Gasteiger partial charge in [-0.25, -0.2) is 4.39 Å². The lowest BCUT2D eigenvalue weighted by atomic mass is 10.0. The van der Waals surface area contributed by atoms with Gasteiger partial charge in [0, 0.05) is 16.5 Å². The van der Waals surface area contributed by atoms with E-state index in [4.69, 9.17) is 23.2 Å². The highest BCUT2D eigenvalue weighted by Crippen LogP contribution is 2.35. The van der Waals surface area contributed by atoms with Crippen molar-refractivity contribution in [2.75, 3.05) is 0 Å². The molecule has 0 spiro atoms. The van der Waals surface area contributed by atoms with Crippen molar-refractivity contribution in [3.8, 4) is 11.3 Å². The van der Waals surface area contributed by atoms with Crippen LogP contribution in [0.25, 0.3) is 22.2 Å². The van der Waals surface area contributed by atoms with E-state index in [0.29, 0.717) is 22.2 Å². The van der Waals surface area contributed by atoms with Crippen LogP contribution < -0.4 is 0 Å². The summed E-state index contributed by atoms with van der Waals surface area (Å²) in [5.74, 6) is -1.33. The third-order valence-corrected chi connectivity index (χ3v) is 3.80. The van der Waals surface area contributed by atoms with E-state index < -0.39 is 16.8 Å². The maximum atomic E-state index is 13.2. The molecule has 0 fully saturated rings. The third-order valence-electron chi connectivity index (χ3n) is 3.31. The monoisotopic (exact) mass is 335 g/mol. The average molecular weight is 336 g/mol. The minimum atomic E-state index is -1.09. The second-order valence-electron chi connectivity index (χ2n) is 4.65. The van der Waals surface area contributed by atoms with Gasteiger partial charge in [0.15, 0.2) is 0 Å². The zero-order valence-corrected chi connectivity index (χ0v) is 12.5. The number of fused-ring (bicyclic) bond motifs is 1. The zero-order valence-electron chi connectivity index (χ0n) is 11.0. The van der Waals surface area contributed by atoms with Crippen molar-refractivity contribution in [3.63, 3.8) is 0 Å². The molecule has 3 nitrogen and oxygen atoms in total. The fourth-order valence-corrected chi connectivity index (χ4v) is 2.73. The number of para-hydroxylation sites is 1. The molecule has 0 aliphatic carbocycles. The molecule has 0 aliphatic rings. The highest BCUT2D eigenvalue weighted by Gasteiger charge is 2.24. The van der Waals surface area contributed by atoms with Gasteiger partial charge in [0.1, 0.15) is 5.82 Å². The predicted octanol–water partition coefficient (Wildman–Crippen LogP) is 4.58. The van der Waals surface area contributed by atoms with Crippen molar-refractivity contribution in [3.05, 3.63) is 58.9 Å². The molecule has 0 amide bonds. The number of carbonyl (C=O) groups excluding carboxylic acids is 2. The van der Waals surface area contributed by atoms with Crippen molar-refractivity contribution in [2.24, 2.45) is 0 Å². The Balaban J connectivity index is 2.35.